The van der Waals surface area contributed by atoms with Crippen molar-refractivity contribution < 1.29 is 24.5 Å². The highest BCUT2D eigenvalue weighted by molar-refractivity contribution is 6.16. The number of benzene rings is 2. The third-order valence-electron chi connectivity index (χ3n) is 3.23. The summed E-state index contributed by atoms with van der Waals surface area (Å²) in [5.41, 5.74) is 0.832. The Morgan fingerprint density at radius 3 is 2.59 bits per heavy atom. The second-order valence-corrected chi connectivity index (χ2v) is 4.78. The number of ketones is 1. The Balaban J connectivity index is 1.91. The lowest BCUT2D eigenvalue weighted by molar-refractivity contribution is 0.101. The van der Waals surface area contributed by atoms with Gasteiger partial charge in [0, 0.05) is 12.1 Å². The minimum absolute atomic E-state index is 0.0648. The maximum absolute atomic E-state index is 12.2. The van der Waals surface area contributed by atoms with Crippen LogP contribution in [0.3, 0.4) is 0 Å². The van der Waals surface area contributed by atoms with Gasteiger partial charge in [-0.3, -0.25) is 4.79 Å². The highest BCUT2D eigenvalue weighted by atomic mass is 16.5. The summed E-state index contributed by atoms with van der Waals surface area (Å²) in [5, 5.41) is 19.2. The summed E-state index contributed by atoms with van der Waals surface area (Å²) in [7, 11) is 0. The highest BCUT2D eigenvalue weighted by Crippen LogP contribution is 2.40. The fourth-order valence-electron chi connectivity index (χ4n) is 2.26. The zero-order chi connectivity index (χ0) is 15.7. The first kappa shape index (κ1) is 14.0. The van der Waals surface area contributed by atoms with E-state index in [4.69, 9.17) is 9.47 Å². The number of Topliss-reactive ketones (excluding diaryl/α,β-unsaturated/α-hetero) is 1. The third kappa shape index (κ3) is 2.48. The summed E-state index contributed by atoms with van der Waals surface area (Å²) in [4.78, 5) is 12.2. The summed E-state index contributed by atoms with van der Waals surface area (Å²) >= 11 is 0. The van der Waals surface area contributed by atoms with Crippen molar-refractivity contribution in [3.05, 3.63) is 53.3 Å². The molecule has 2 aromatic rings. The third-order valence-corrected chi connectivity index (χ3v) is 3.23. The molecule has 0 radical (unpaired) electrons. The van der Waals surface area contributed by atoms with E-state index in [1.54, 1.807) is 30.3 Å². The molecule has 5 nitrogen and oxygen atoms in total. The number of carbonyl (C=O) groups excluding carboxylic acids is 1. The largest absolute Gasteiger partial charge is 0.508 e. The Hall–Kier alpha value is -2.95. The topological polar surface area (TPSA) is 76.0 Å². The molecule has 3 rings (SSSR count). The van der Waals surface area contributed by atoms with Crippen LogP contribution in [0.4, 0.5) is 0 Å². The number of aromatic hydroxyl groups is 2. The highest BCUT2D eigenvalue weighted by Gasteiger charge is 2.31. The number of ether oxygens (including phenoxy) is 2. The Morgan fingerprint density at radius 1 is 1.18 bits per heavy atom. The van der Waals surface area contributed by atoms with Gasteiger partial charge >= 0.3 is 0 Å². The minimum atomic E-state index is -0.415. The molecule has 0 fully saturated rings. The number of fused-ring (bicyclic) bond motifs is 1. The van der Waals surface area contributed by atoms with E-state index >= 15 is 0 Å². The molecule has 112 valence electrons. The summed E-state index contributed by atoms with van der Waals surface area (Å²) in [5.74, 6) is 0.122. The molecule has 5 heteroatoms. The normalized spacial score (nSPS) is 14.8. The molecule has 1 heterocycles. The van der Waals surface area contributed by atoms with Crippen molar-refractivity contribution in [2.45, 2.75) is 6.92 Å². The first-order valence-corrected chi connectivity index (χ1v) is 6.81. The second kappa shape index (κ2) is 5.44. The molecule has 0 saturated carbocycles. The Kier molecular flexibility index (Phi) is 3.47. The predicted octanol–water partition coefficient (Wildman–Crippen LogP) is 3.11. The molecule has 0 saturated heterocycles. The van der Waals surface area contributed by atoms with E-state index in [-0.39, 0.29) is 28.6 Å². The summed E-state index contributed by atoms with van der Waals surface area (Å²) in [6.45, 7) is 2.49. The molecule has 1 aliphatic heterocycles. The van der Waals surface area contributed by atoms with Gasteiger partial charge in [-0.15, -0.1) is 0 Å². The molecule has 0 aliphatic carbocycles. The van der Waals surface area contributed by atoms with Gasteiger partial charge in [0.15, 0.2) is 5.76 Å². The van der Waals surface area contributed by atoms with Crippen LogP contribution in [0.1, 0.15) is 22.8 Å². The second-order valence-electron chi connectivity index (χ2n) is 4.78. The molecule has 2 N–H and O–H groups in total. The van der Waals surface area contributed by atoms with E-state index < -0.39 is 5.78 Å². The lowest BCUT2D eigenvalue weighted by Crippen LogP contribution is -1.98. The van der Waals surface area contributed by atoms with Gasteiger partial charge in [-0.2, -0.15) is 0 Å². The first-order valence-electron chi connectivity index (χ1n) is 6.81. The number of rotatable bonds is 3. The van der Waals surface area contributed by atoms with Crippen LogP contribution in [0.25, 0.3) is 6.08 Å². The summed E-state index contributed by atoms with van der Waals surface area (Å²) < 4.78 is 10.8. The van der Waals surface area contributed by atoms with Crippen molar-refractivity contribution in [2.75, 3.05) is 6.61 Å². The number of allylic oxidation sites excluding steroid dienone is 1. The van der Waals surface area contributed by atoms with Gasteiger partial charge in [0.25, 0.3) is 0 Å². The van der Waals surface area contributed by atoms with Crippen molar-refractivity contribution in [1.29, 1.82) is 0 Å². The Labute approximate surface area is 127 Å². The standard InChI is InChI=1S/C17H14O5/c1-2-21-12-5-3-10(4-6-12)7-15-17(20)16-13(19)8-11(18)9-14(16)22-15/h3-9,18-19H,2H2,1H3. The van der Waals surface area contributed by atoms with E-state index in [1.807, 2.05) is 6.92 Å². The molecule has 0 amide bonds. The van der Waals surface area contributed by atoms with Crippen LogP contribution in [0.5, 0.6) is 23.0 Å². The first-order chi connectivity index (χ1) is 10.6. The quantitative estimate of drug-likeness (QED) is 0.851. The zero-order valence-electron chi connectivity index (χ0n) is 11.9. The van der Waals surface area contributed by atoms with E-state index in [9.17, 15) is 15.0 Å². The van der Waals surface area contributed by atoms with Crippen molar-refractivity contribution in [2.24, 2.45) is 0 Å². The molecule has 0 bridgehead atoms. The van der Waals surface area contributed by atoms with Gasteiger partial charge in [-0.25, -0.2) is 0 Å². The number of phenolic OH excluding ortho intramolecular Hbond substituents is 2. The van der Waals surface area contributed by atoms with Gasteiger partial charge in [-0.05, 0) is 30.7 Å². The fraction of sp³-hybridized carbons (Fsp3) is 0.118. The number of carbonyl (C=O) groups is 1. The average molecular weight is 298 g/mol. The Bertz CT molecular complexity index is 759. The molecule has 0 spiro atoms. The molecular formula is C17H14O5. The van der Waals surface area contributed by atoms with Crippen molar-refractivity contribution in [1.82, 2.24) is 0 Å². The molecule has 2 aromatic carbocycles. The predicted molar refractivity (Wildman–Crippen MR) is 80.3 cm³/mol. The van der Waals surface area contributed by atoms with Crippen molar-refractivity contribution >= 4 is 11.9 Å². The minimum Gasteiger partial charge on any atom is -0.508 e. The van der Waals surface area contributed by atoms with Crippen LogP contribution >= 0.6 is 0 Å². The zero-order valence-corrected chi connectivity index (χ0v) is 11.9. The number of phenols is 2. The van der Waals surface area contributed by atoms with Gasteiger partial charge < -0.3 is 19.7 Å². The molecule has 0 atom stereocenters. The van der Waals surface area contributed by atoms with Gasteiger partial charge in [0.1, 0.15) is 28.6 Å². The number of hydrogen-bond donors (Lipinski definition) is 2. The smallest absolute Gasteiger partial charge is 0.235 e. The maximum Gasteiger partial charge on any atom is 0.235 e. The van der Waals surface area contributed by atoms with Crippen LogP contribution in [0.2, 0.25) is 0 Å². The fourth-order valence-corrected chi connectivity index (χ4v) is 2.26. The monoisotopic (exact) mass is 298 g/mol. The lowest BCUT2D eigenvalue weighted by Gasteiger charge is -2.03. The van der Waals surface area contributed by atoms with E-state index in [0.29, 0.717) is 6.61 Å². The molecular weight excluding hydrogens is 284 g/mol. The van der Waals surface area contributed by atoms with Crippen LogP contribution < -0.4 is 9.47 Å². The molecule has 1 aliphatic rings. The lowest BCUT2D eigenvalue weighted by atomic mass is 10.1. The van der Waals surface area contributed by atoms with Gasteiger partial charge in [-0.1, -0.05) is 12.1 Å². The van der Waals surface area contributed by atoms with Crippen LogP contribution in [-0.2, 0) is 0 Å². The van der Waals surface area contributed by atoms with E-state index in [2.05, 4.69) is 0 Å². The van der Waals surface area contributed by atoms with Gasteiger partial charge in [0.05, 0.1) is 6.61 Å². The van der Waals surface area contributed by atoms with Crippen LogP contribution in [0, 0.1) is 0 Å². The van der Waals surface area contributed by atoms with E-state index in [1.165, 1.54) is 6.07 Å². The van der Waals surface area contributed by atoms with Crippen LogP contribution in [0.15, 0.2) is 42.2 Å². The molecule has 0 unspecified atom stereocenters. The molecule has 0 aromatic heterocycles. The van der Waals surface area contributed by atoms with E-state index in [0.717, 1.165) is 17.4 Å². The maximum atomic E-state index is 12.2. The van der Waals surface area contributed by atoms with Crippen molar-refractivity contribution in [3.8, 4) is 23.0 Å². The van der Waals surface area contributed by atoms with Crippen LogP contribution in [-0.4, -0.2) is 22.6 Å². The Morgan fingerprint density at radius 2 is 1.91 bits per heavy atom. The summed E-state index contributed by atoms with van der Waals surface area (Å²) in [6.07, 6.45) is 1.58. The van der Waals surface area contributed by atoms with Crippen molar-refractivity contribution in [3.63, 3.8) is 0 Å². The SMILES string of the molecule is CCOc1ccc(C=C2Oc3cc(O)cc(O)c3C2=O)cc1. The summed E-state index contributed by atoms with van der Waals surface area (Å²) in [6, 6.07) is 9.60. The average Bonchev–Trinajstić information content (AvgIpc) is 2.77. The van der Waals surface area contributed by atoms with Gasteiger partial charge in [0.2, 0.25) is 5.78 Å². The number of hydrogen-bond acceptors (Lipinski definition) is 5. The molecule has 22 heavy (non-hydrogen) atoms.